The first-order chi connectivity index (χ1) is 11.7. The van der Waals surface area contributed by atoms with Crippen molar-refractivity contribution < 1.29 is 13.9 Å². The van der Waals surface area contributed by atoms with Crippen LogP contribution in [0.1, 0.15) is 18.4 Å². The van der Waals surface area contributed by atoms with E-state index in [1.54, 1.807) is 12.1 Å². The molecule has 1 saturated heterocycles. The predicted octanol–water partition coefficient (Wildman–Crippen LogP) is 3.58. The first-order valence-corrected chi connectivity index (χ1v) is 8.19. The predicted molar refractivity (Wildman–Crippen MR) is 90.3 cm³/mol. The van der Waals surface area contributed by atoms with Crippen LogP contribution in [-0.2, 0) is 6.54 Å². The summed E-state index contributed by atoms with van der Waals surface area (Å²) in [7, 11) is 0. The van der Waals surface area contributed by atoms with E-state index in [1.165, 1.54) is 12.1 Å². The molecule has 0 radical (unpaired) electrons. The van der Waals surface area contributed by atoms with E-state index in [0.29, 0.717) is 25.4 Å². The molecule has 1 N–H and O–H groups in total. The fourth-order valence-electron chi connectivity index (χ4n) is 2.77. The van der Waals surface area contributed by atoms with E-state index >= 15 is 0 Å². The highest BCUT2D eigenvalue weighted by molar-refractivity contribution is 5.74. The summed E-state index contributed by atoms with van der Waals surface area (Å²) in [6.07, 6.45) is 1.61. The van der Waals surface area contributed by atoms with Gasteiger partial charge in [-0.15, -0.1) is 0 Å². The number of benzene rings is 2. The number of nitrogens with zero attached hydrogens (tertiary/aromatic N) is 1. The van der Waals surface area contributed by atoms with Gasteiger partial charge in [-0.3, -0.25) is 0 Å². The van der Waals surface area contributed by atoms with Crippen LogP contribution in [0.15, 0.2) is 54.6 Å². The Morgan fingerprint density at radius 1 is 1.08 bits per heavy atom. The number of urea groups is 1. The zero-order valence-corrected chi connectivity index (χ0v) is 13.5. The molecule has 5 heteroatoms. The highest BCUT2D eigenvalue weighted by Gasteiger charge is 2.23. The molecule has 0 bridgehead atoms. The molecule has 0 spiro atoms. The lowest BCUT2D eigenvalue weighted by Crippen LogP contribution is -2.46. The summed E-state index contributed by atoms with van der Waals surface area (Å²) in [5.74, 6) is 0.399. The molecular weight excluding hydrogens is 307 g/mol. The molecular formula is C19H21FN2O2. The Morgan fingerprint density at radius 3 is 2.42 bits per heavy atom. The maximum Gasteiger partial charge on any atom is 0.317 e. The van der Waals surface area contributed by atoms with Crippen LogP contribution in [0.5, 0.6) is 5.75 Å². The summed E-state index contributed by atoms with van der Waals surface area (Å²) >= 11 is 0. The van der Waals surface area contributed by atoms with E-state index in [9.17, 15) is 9.18 Å². The van der Waals surface area contributed by atoms with Crippen LogP contribution in [0, 0.1) is 5.82 Å². The molecule has 4 nitrogen and oxygen atoms in total. The number of hydrogen-bond donors (Lipinski definition) is 1. The number of halogens is 1. The molecule has 1 aliphatic rings. The van der Waals surface area contributed by atoms with Crippen molar-refractivity contribution in [3.8, 4) is 5.75 Å². The Morgan fingerprint density at radius 2 is 1.75 bits per heavy atom. The minimum Gasteiger partial charge on any atom is -0.490 e. The number of piperidine rings is 1. The van der Waals surface area contributed by atoms with Gasteiger partial charge in [0.15, 0.2) is 0 Å². The number of ether oxygens (including phenoxy) is 1. The molecule has 3 rings (SSSR count). The van der Waals surface area contributed by atoms with Crippen molar-refractivity contribution >= 4 is 6.03 Å². The van der Waals surface area contributed by atoms with Crippen LogP contribution in [0.4, 0.5) is 9.18 Å². The first kappa shape index (κ1) is 16.3. The maximum absolute atomic E-state index is 12.9. The SMILES string of the molecule is O=C(NCc1ccccc1)N1CCC(Oc2ccc(F)cc2)CC1. The lowest BCUT2D eigenvalue weighted by molar-refractivity contribution is 0.111. The van der Waals surface area contributed by atoms with Crippen LogP contribution in [0.3, 0.4) is 0 Å². The average Bonchev–Trinajstić information content (AvgIpc) is 2.63. The largest absolute Gasteiger partial charge is 0.490 e. The van der Waals surface area contributed by atoms with Gasteiger partial charge in [0.1, 0.15) is 17.7 Å². The van der Waals surface area contributed by atoms with E-state index in [4.69, 9.17) is 4.74 Å². The number of amides is 2. The molecule has 1 aliphatic heterocycles. The molecule has 24 heavy (non-hydrogen) atoms. The molecule has 126 valence electrons. The maximum atomic E-state index is 12.9. The van der Waals surface area contributed by atoms with Gasteiger partial charge >= 0.3 is 6.03 Å². The van der Waals surface area contributed by atoms with Crippen molar-refractivity contribution in [2.75, 3.05) is 13.1 Å². The molecule has 0 atom stereocenters. The molecule has 1 fully saturated rings. The summed E-state index contributed by atoms with van der Waals surface area (Å²) in [5.41, 5.74) is 1.08. The Bertz CT molecular complexity index is 653. The van der Waals surface area contributed by atoms with Crippen molar-refractivity contribution in [3.63, 3.8) is 0 Å². The molecule has 0 unspecified atom stereocenters. The molecule has 2 aromatic rings. The third kappa shape index (κ3) is 4.47. The minimum absolute atomic E-state index is 0.0425. The number of carbonyl (C=O) groups excluding carboxylic acids is 1. The van der Waals surface area contributed by atoms with Crippen LogP contribution in [0.2, 0.25) is 0 Å². The van der Waals surface area contributed by atoms with Gasteiger partial charge in [0, 0.05) is 32.5 Å². The fourth-order valence-corrected chi connectivity index (χ4v) is 2.77. The Balaban J connectivity index is 1.42. The van der Waals surface area contributed by atoms with Gasteiger partial charge < -0.3 is 15.0 Å². The molecule has 0 aromatic heterocycles. The second kappa shape index (κ2) is 7.81. The summed E-state index contributed by atoms with van der Waals surface area (Å²) in [6.45, 7) is 1.85. The highest BCUT2D eigenvalue weighted by atomic mass is 19.1. The summed E-state index contributed by atoms with van der Waals surface area (Å²) in [4.78, 5) is 14.0. The van der Waals surface area contributed by atoms with Crippen LogP contribution in [-0.4, -0.2) is 30.1 Å². The Hall–Kier alpha value is -2.56. The summed E-state index contributed by atoms with van der Waals surface area (Å²) < 4.78 is 18.7. The topological polar surface area (TPSA) is 41.6 Å². The lowest BCUT2D eigenvalue weighted by Gasteiger charge is -2.32. The van der Waals surface area contributed by atoms with Gasteiger partial charge in [0.05, 0.1) is 0 Å². The third-order valence-electron chi connectivity index (χ3n) is 4.13. The molecule has 1 heterocycles. The number of carbonyl (C=O) groups is 1. The van der Waals surface area contributed by atoms with E-state index in [0.717, 1.165) is 18.4 Å². The van der Waals surface area contributed by atoms with Crippen LogP contribution < -0.4 is 10.1 Å². The van der Waals surface area contributed by atoms with Gasteiger partial charge in [0.2, 0.25) is 0 Å². The van der Waals surface area contributed by atoms with E-state index in [-0.39, 0.29) is 18.0 Å². The Kier molecular flexibility index (Phi) is 5.31. The van der Waals surface area contributed by atoms with Gasteiger partial charge in [-0.25, -0.2) is 9.18 Å². The van der Waals surface area contributed by atoms with Crippen molar-refractivity contribution in [1.82, 2.24) is 10.2 Å². The Labute approximate surface area is 141 Å². The monoisotopic (exact) mass is 328 g/mol. The van der Waals surface area contributed by atoms with E-state index < -0.39 is 0 Å². The van der Waals surface area contributed by atoms with Gasteiger partial charge in [-0.05, 0) is 29.8 Å². The van der Waals surface area contributed by atoms with Gasteiger partial charge in [-0.1, -0.05) is 30.3 Å². The second-order valence-corrected chi connectivity index (χ2v) is 5.90. The fraction of sp³-hybridized carbons (Fsp3) is 0.316. The van der Waals surface area contributed by atoms with E-state index in [1.807, 2.05) is 35.2 Å². The standard InChI is InChI=1S/C19H21FN2O2/c20-16-6-8-17(9-7-16)24-18-10-12-22(13-11-18)19(23)21-14-15-4-2-1-3-5-15/h1-9,18H,10-14H2,(H,21,23). The van der Waals surface area contributed by atoms with Gasteiger partial charge in [0.25, 0.3) is 0 Å². The average molecular weight is 328 g/mol. The smallest absolute Gasteiger partial charge is 0.317 e. The normalized spacial score (nSPS) is 15.1. The van der Waals surface area contributed by atoms with Crippen molar-refractivity contribution in [2.45, 2.75) is 25.5 Å². The second-order valence-electron chi connectivity index (χ2n) is 5.90. The van der Waals surface area contributed by atoms with Gasteiger partial charge in [-0.2, -0.15) is 0 Å². The molecule has 2 aromatic carbocycles. The van der Waals surface area contributed by atoms with Crippen LogP contribution in [0.25, 0.3) is 0 Å². The number of hydrogen-bond acceptors (Lipinski definition) is 2. The summed E-state index contributed by atoms with van der Waals surface area (Å²) in [6, 6.07) is 15.9. The first-order valence-electron chi connectivity index (χ1n) is 8.19. The third-order valence-corrected chi connectivity index (χ3v) is 4.13. The lowest BCUT2D eigenvalue weighted by atomic mass is 10.1. The molecule has 2 amide bonds. The molecule has 0 aliphatic carbocycles. The number of rotatable bonds is 4. The quantitative estimate of drug-likeness (QED) is 0.932. The van der Waals surface area contributed by atoms with Crippen molar-refractivity contribution in [1.29, 1.82) is 0 Å². The summed E-state index contributed by atoms with van der Waals surface area (Å²) in [5, 5.41) is 2.94. The minimum atomic E-state index is -0.271. The zero-order valence-electron chi connectivity index (χ0n) is 13.5. The van der Waals surface area contributed by atoms with Crippen LogP contribution >= 0.6 is 0 Å². The number of nitrogens with one attached hydrogen (secondary N) is 1. The van der Waals surface area contributed by atoms with Crippen molar-refractivity contribution in [3.05, 3.63) is 66.0 Å². The zero-order chi connectivity index (χ0) is 16.8. The highest BCUT2D eigenvalue weighted by Crippen LogP contribution is 2.19. The molecule has 0 saturated carbocycles. The van der Waals surface area contributed by atoms with Crippen molar-refractivity contribution in [2.24, 2.45) is 0 Å². The van der Waals surface area contributed by atoms with E-state index in [2.05, 4.69) is 5.32 Å². The number of likely N-dealkylation sites (tertiary alicyclic amines) is 1.